The molecule has 0 atom stereocenters. The third-order valence-corrected chi connectivity index (χ3v) is 5.32. The van der Waals surface area contributed by atoms with Crippen LogP contribution in [0, 0.1) is 6.92 Å². The van der Waals surface area contributed by atoms with Gasteiger partial charge in [-0.1, -0.05) is 44.0 Å². The topological polar surface area (TPSA) is 88.2 Å². The number of rotatable bonds is 11. The van der Waals surface area contributed by atoms with Gasteiger partial charge in [-0.15, -0.1) is 0 Å². The van der Waals surface area contributed by atoms with E-state index in [1.54, 1.807) is 18.2 Å². The summed E-state index contributed by atoms with van der Waals surface area (Å²) >= 11 is 0. The second-order valence-corrected chi connectivity index (χ2v) is 8.18. The summed E-state index contributed by atoms with van der Waals surface area (Å²) in [6.45, 7) is 4.93. The van der Waals surface area contributed by atoms with Crippen LogP contribution in [0.1, 0.15) is 49.6 Å². The Labute approximate surface area is 202 Å². The Kier molecular flexibility index (Phi) is 9.11. The Balaban J connectivity index is 1.43. The number of halogens is 3. The van der Waals surface area contributed by atoms with Crippen molar-refractivity contribution in [3.05, 3.63) is 59.4 Å². The van der Waals surface area contributed by atoms with Gasteiger partial charge in [0.2, 0.25) is 5.82 Å². The maximum absolute atomic E-state index is 13.1. The first-order valence-electron chi connectivity index (χ1n) is 11.6. The summed E-state index contributed by atoms with van der Waals surface area (Å²) in [5, 5.41) is 2.97. The molecular formula is C25H30F3N5O2. The second kappa shape index (κ2) is 12.2. The highest BCUT2D eigenvalue weighted by Crippen LogP contribution is 2.30. The molecule has 0 saturated carbocycles. The Morgan fingerprint density at radius 2 is 1.86 bits per heavy atom. The number of benzene rings is 2. The number of hydrazine groups is 1. The van der Waals surface area contributed by atoms with Crippen LogP contribution in [0.3, 0.4) is 0 Å². The van der Waals surface area contributed by atoms with Gasteiger partial charge in [0.05, 0.1) is 12.1 Å². The van der Waals surface area contributed by atoms with E-state index in [1.807, 2.05) is 13.0 Å². The van der Waals surface area contributed by atoms with Crippen LogP contribution in [0.4, 0.5) is 23.8 Å². The van der Waals surface area contributed by atoms with Crippen LogP contribution in [0.25, 0.3) is 10.9 Å². The molecule has 10 heteroatoms. The summed E-state index contributed by atoms with van der Waals surface area (Å²) < 4.78 is 45.1. The molecule has 1 heterocycles. The van der Waals surface area contributed by atoms with E-state index in [1.165, 1.54) is 30.9 Å². The van der Waals surface area contributed by atoms with Crippen LogP contribution < -0.4 is 20.9 Å². The van der Waals surface area contributed by atoms with Crippen molar-refractivity contribution < 1.29 is 22.7 Å². The molecule has 0 spiro atoms. The van der Waals surface area contributed by atoms with E-state index < -0.39 is 18.0 Å². The molecule has 0 bridgehead atoms. The van der Waals surface area contributed by atoms with E-state index in [0.29, 0.717) is 25.0 Å². The van der Waals surface area contributed by atoms with Crippen LogP contribution in [-0.2, 0) is 12.6 Å². The third kappa shape index (κ3) is 7.73. The van der Waals surface area contributed by atoms with Crippen molar-refractivity contribution in [2.24, 2.45) is 0 Å². The lowest BCUT2D eigenvalue weighted by Crippen LogP contribution is -2.40. The molecule has 7 nitrogen and oxygen atoms in total. The number of unbranched alkanes of at least 4 members (excludes halogenated alkanes) is 2. The van der Waals surface area contributed by atoms with Gasteiger partial charge in [0.1, 0.15) is 5.75 Å². The monoisotopic (exact) mass is 489 g/mol. The fourth-order valence-electron chi connectivity index (χ4n) is 3.52. The van der Waals surface area contributed by atoms with Crippen molar-refractivity contribution in [1.82, 2.24) is 20.7 Å². The van der Waals surface area contributed by atoms with Crippen molar-refractivity contribution in [2.45, 2.75) is 52.1 Å². The van der Waals surface area contributed by atoms with Crippen LogP contribution in [0.5, 0.6) is 5.75 Å². The van der Waals surface area contributed by atoms with Gasteiger partial charge in [-0.25, -0.2) is 14.8 Å². The Morgan fingerprint density at radius 3 is 2.60 bits per heavy atom. The van der Waals surface area contributed by atoms with Crippen LogP contribution in [-0.4, -0.2) is 29.2 Å². The molecule has 35 heavy (non-hydrogen) atoms. The summed E-state index contributed by atoms with van der Waals surface area (Å²) in [5.41, 5.74) is 7.25. The number of alkyl halides is 3. The largest absolute Gasteiger partial charge is 0.493 e. The van der Waals surface area contributed by atoms with Gasteiger partial charge in [-0.05, 0) is 55.5 Å². The number of amides is 2. The van der Waals surface area contributed by atoms with Crippen LogP contribution in [0.2, 0.25) is 0 Å². The van der Waals surface area contributed by atoms with Gasteiger partial charge >= 0.3 is 12.2 Å². The Bertz CT molecular complexity index is 1140. The van der Waals surface area contributed by atoms with Gasteiger partial charge in [0.25, 0.3) is 0 Å². The number of urea groups is 1. The number of nitrogens with one attached hydrogen (secondary N) is 3. The van der Waals surface area contributed by atoms with Gasteiger partial charge < -0.3 is 10.1 Å². The minimum atomic E-state index is -4.71. The SMILES string of the molecule is CCCCCc1ccc(OCCCNC(=O)NNc2nc(C(F)(F)F)nc3ccccc23)c(C)c1. The van der Waals surface area contributed by atoms with Crippen molar-refractivity contribution >= 4 is 22.8 Å². The predicted molar refractivity (Wildman–Crippen MR) is 129 cm³/mol. The van der Waals surface area contributed by atoms with Crippen molar-refractivity contribution in [2.75, 3.05) is 18.6 Å². The quantitative estimate of drug-likeness (QED) is 0.235. The van der Waals surface area contributed by atoms with Crippen molar-refractivity contribution in [1.29, 1.82) is 0 Å². The minimum Gasteiger partial charge on any atom is -0.493 e. The maximum atomic E-state index is 13.1. The summed E-state index contributed by atoms with van der Waals surface area (Å²) in [7, 11) is 0. The highest BCUT2D eigenvalue weighted by atomic mass is 19.4. The molecule has 0 aliphatic rings. The molecule has 0 unspecified atom stereocenters. The van der Waals surface area contributed by atoms with Gasteiger partial charge in [-0.3, -0.25) is 10.9 Å². The molecule has 2 amide bonds. The third-order valence-electron chi connectivity index (χ3n) is 5.32. The van der Waals surface area contributed by atoms with Crippen molar-refractivity contribution in [3.63, 3.8) is 0 Å². The molecule has 3 aromatic rings. The predicted octanol–water partition coefficient (Wildman–Crippen LogP) is 5.78. The number of hydrogen-bond donors (Lipinski definition) is 3. The summed E-state index contributed by atoms with van der Waals surface area (Å²) in [6, 6.07) is 11.8. The number of para-hydroxylation sites is 1. The van der Waals surface area contributed by atoms with E-state index in [4.69, 9.17) is 4.74 Å². The number of anilines is 1. The number of hydrogen-bond acceptors (Lipinski definition) is 5. The lowest BCUT2D eigenvalue weighted by Gasteiger charge is -2.14. The van der Waals surface area contributed by atoms with Crippen LogP contribution >= 0.6 is 0 Å². The molecule has 3 rings (SSSR count). The average molecular weight is 490 g/mol. The highest BCUT2D eigenvalue weighted by molar-refractivity contribution is 5.89. The summed E-state index contributed by atoms with van der Waals surface area (Å²) in [6.07, 6.45) is 0.493. The number of ether oxygens (including phenoxy) is 1. The van der Waals surface area contributed by atoms with Gasteiger partial charge in [0.15, 0.2) is 5.82 Å². The van der Waals surface area contributed by atoms with Gasteiger partial charge in [0, 0.05) is 11.9 Å². The summed E-state index contributed by atoms with van der Waals surface area (Å²) in [5.74, 6) is -0.621. The molecule has 0 saturated heterocycles. The van der Waals surface area contributed by atoms with Crippen molar-refractivity contribution in [3.8, 4) is 5.75 Å². The minimum absolute atomic E-state index is 0.112. The number of carbonyl (C=O) groups is 1. The van der Waals surface area contributed by atoms with E-state index in [0.717, 1.165) is 17.7 Å². The molecule has 0 radical (unpaired) electrons. The number of nitrogens with zero attached hydrogens (tertiary/aromatic N) is 2. The first kappa shape index (κ1) is 26.1. The van der Waals surface area contributed by atoms with E-state index in [-0.39, 0.29) is 11.3 Å². The summed E-state index contributed by atoms with van der Waals surface area (Å²) in [4.78, 5) is 19.1. The molecule has 0 aliphatic carbocycles. The Hall–Kier alpha value is -3.56. The van der Waals surface area contributed by atoms with E-state index in [2.05, 4.69) is 45.2 Å². The number of carbonyl (C=O) groups excluding carboxylic acids is 1. The Morgan fingerprint density at radius 1 is 1.06 bits per heavy atom. The molecule has 0 fully saturated rings. The first-order chi connectivity index (χ1) is 16.8. The molecular weight excluding hydrogens is 459 g/mol. The molecule has 2 aromatic carbocycles. The fraction of sp³-hybridized carbons (Fsp3) is 0.400. The fourth-order valence-corrected chi connectivity index (χ4v) is 3.52. The number of aryl methyl sites for hydroxylation is 2. The molecule has 3 N–H and O–H groups in total. The standard InChI is InChI=1S/C25H30F3N5O2/c1-3-4-5-9-18-12-13-21(17(2)16-18)35-15-8-14-29-24(34)33-32-22-19-10-6-7-11-20(19)30-23(31-22)25(26,27)28/h6-7,10-13,16H,3-5,8-9,14-15H2,1-2H3,(H2,29,33,34)(H,30,31,32). The average Bonchev–Trinajstić information content (AvgIpc) is 2.83. The maximum Gasteiger partial charge on any atom is 0.451 e. The lowest BCUT2D eigenvalue weighted by molar-refractivity contribution is -0.144. The normalized spacial score (nSPS) is 11.3. The van der Waals surface area contributed by atoms with E-state index >= 15 is 0 Å². The first-order valence-corrected chi connectivity index (χ1v) is 11.6. The number of fused-ring (bicyclic) bond motifs is 1. The molecule has 188 valence electrons. The molecule has 1 aromatic heterocycles. The number of aromatic nitrogens is 2. The zero-order valence-corrected chi connectivity index (χ0v) is 19.8. The smallest absolute Gasteiger partial charge is 0.451 e. The molecule has 0 aliphatic heterocycles. The second-order valence-electron chi connectivity index (χ2n) is 8.18. The van der Waals surface area contributed by atoms with Crippen LogP contribution in [0.15, 0.2) is 42.5 Å². The zero-order valence-electron chi connectivity index (χ0n) is 19.8. The lowest BCUT2D eigenvalue weighted by atomic mass is 10.0. The zero-order chi connectivity index (χ0) is 25.3. The van der Waals surface area contributed by atoms with Gasteiger partial charge in [-0.2, -0.15) is 13.2 Å². The highest BCUT2D eigenvalue weighted by Gasteiger charge is 2.35. The van der Waals surface area contributed by atoms with E-state index in [9.17, 15) is 18.0 Å².